The fourth-order valence-corrected chi connectivity index (χ4v) is 6.40. The first-order valence-corrected chi connectivity index (χ1v) is 11.8. The van der Waals surface area contributed by atoms with Gasteiger partial charge in [-0.1, -0.05) is 42.5 Å². The Morgan fingerprint density at radius 1 is 0.679 bits per heavy atom. The van der Waals surface area contributed by atoms with Crippen molar-refractivity contribution in [3.05, 3.63) is 84.4 Å². The molecule has 5 nitrogen and oxygen atoms in total. The lowest BCUT2D eigenvalue weighted by Crippen LogP contribution is -2.35. The quantitative estimate of drug-likeness (QED) is 0.654. The highest BCUT2D eigenvalue weighted by molar-refractivity contribution is 7.93. The maximum absolute atomic E-state index is 13.3. The molecule has 0 aromatic heterocycles. The lowest BCUT2D eigenvalue weighted by atomic mass is 10.0. The molecule has 1 aliphatic heterocycles. The van der Waals surface area contributed by atoms with Gasteiger partial charge in [0.15, 0.2) is 0 Å². The van der Waals surface area contributed by atoms with Crippen LogP contribution in [0.1, 0.15) is 12.0 Å². The van der Waals surface area contributed by atoms with Crippen molar-refractivity contribution in [2.75, 3.05) is 10.8 Å². The molecule has 3 aromatic carbocycles. The second-order valence-corrected chi connectivity index (χ2v) is 10.4. The van der Waals surface area contributed by atoms with Crippen molar-refractivity contribution >= 4 is 25.5 Å². The molecule has 0 radical (unpaired) electrons. The molecule has 0 saturated carbocycles. The van der Waals surface area contributed by atoms with Gasteiger partial charge in [-0.05, 0) is 54.8 Å². The molecule has 0 bridgehead atoms. The average molecular weight is 414 g/mol. The summed E-state index contributed by atoms with van der Waals surface area (Å²) in [5, 5.41) is 0. The standard InChI is InChI=1S/C21H19NO4S2/c23-27(24,18-10-2-1-3-11-18)19-12-6-13-20(16-19)28(25,26)22-15-7-9-17-8-4-5-14-21(17)22/h1-6,8,10-14,16H,7,9,15H2. The first-order chi connectivity index (χ1) is 13.4. The average Bonchev–Trinajstić information content (AvgIpc) is 2.74. The second-order valence-electron chi connectivity index (χ2n) is 6.60. The van der Waals surface area contributed by atoms with Gasteiger partial charge < -0.3 is 0 Å². The highest BCUT2D eigenvalue weighted by Gasteiger charge is 2.30. The summed E-state index contributed by atoms with van der Waals surface area (Å²) in [6.07, 6.45) is 1.54. The summed E-state index contributed by atoms with van der Waals surface area (Å²) < 4.78 is 53.7. The zero-order chi connectivity index (χ0) is 19.8. The summed E-state index contributed by atoms with van der Waals surface area (Å²) in [7, 11) is -7.67. The van der Waals surface area contributed by atoms with Gasteiger partial charge in [0, 0.05) is 6.54 Å². The van der Waals surface area contributed by atoms with E-state index >= 15 is 0 Å². The Labute approximate surface area is 165 Å². The van der Waals surface area contributed by atoms with Crippen LogP contribution < -0.4 is 4.31 Å². The minimum absolute atomic E-state index is 0.0267. The van der Waals surface area contributed by atoms with Crippen LogP contribution in [0.2, 0.25) is 0 Å². The van der Waals surface area contributed by atoms with E-state index in [1.165, 1.54) is 40.7 Å². The summed E-state index contributed by atoms with van der Waals surface area (Å²) >= 11 is 0. The number of hydrogen-bond acceptors (Lipinski definition) is 4. The number of aryl methyl sites for hydroxylation is 1. The molecule has 1 heterocycles. The van der Waals surface area contributed by atoms with Crippen molar-refractivity contribution in [2.24, 2.45) is 0 Å². The van der Waals surface area contributed by atoms with Crippen molar-refractivity contribution in [1.29, 1.82) is 0 Å². The van der Waals surface area contributed by atoms with Crippen LogP contribution in [0, 0.1) is 0 Å². The van der Waals surface area contributed by atoms with Gasteiger partial charge in [-0.3, -0.25) is 4.31 Å². The Hall–Kier alpha value is -2.64. The number of sulfonamides is 1. The first kappa shape index (κ1) is 18.7. The van der Waals surface area contributed by atoms with Crippen LogP contribution >= 0.6 is 0 Å². The van der Waals surface area contributed by atoms with Gasteiger partial charge in [0.25, 0.3) is 10.0 Å². The fraction of sp³-hybridized carbons (Fsp3) is 0.143. The Kier molecular flexibility index (Phi) is 4.72. The number of nitrogens with zero attached hydrogens (tertiary/aromatic N) is 1. The van der Waals surface area contributed by atoms with Gasteiger partial charge in [0.1, 0.15) is 0 Å². The molecule has 4 rings (SSSR count). The van der Waals surface area contributed by atoms with Crippen molar-refractivity contribution < 1.29 is 16.8 Å². The molecule has 144 valence electrons. The molecule has 0 amide bonds. The molecule has 0 fully saturated rings. The molecule has 0 unspecified atom stereocenters. The molecule has 7 heteroatoms. The predicted molar refractivity (Wildman–Crippen MR) is 108 cm³/mol. The monoisotopic (exact) mass is 413 g/mol. The topological polar surface area (TPSA) is 71.5 Å². The predicted octanol–water partition coefficient (Wildman–Crippen LogP) is 3.66. The van der Waals surface area contributed by atoms with Crippen LogP contribution in [0.25, 0.3) is 0 Å². The van der Waals surface area contributed by atoms with Crippen LogP contribution in [-0.2, 0) is 26.3 Å². The number of rotatable bonds is 4. The summed E-state index contributed by atoms with van der Waals surface area (Å²) in [4.78, 5) is 0.0687. The van der Waals surface area contributed by atoms with Gasteiger partial charge in [0.05, 0.1) is 20.4 Å². The molecule has 0 N–H and O–H groups in total. The smallest absolute Gasteiger partial charge is 0.264 e. The van der Waals surface area contributed by atoms with Crippen LogP contribution in [0.4, 0.5) is 5.69 Å². The second kappa shape index (κ2) is 7.07. The lowest BCUT2D eigenvalue weighted by Gasteiger charge is -2.30. The van der Waals surface area contributed by atoms with Crippen LogP contribution in [-0.4, -0.2) is 23.4 Å². The van der Waals surface area contributed by atoms with Gasteiger partial charge >= 0.3 is 0 Å². The maximum Gasteiger partial charge on any atom is 0.264 e. The molecule has 28 heavy (non-hydrogen) atoms. The van der Waals surface area contributed by atoms with Crippen molar-refractivity contribution in [1.82, 2.24) is 0 Å². The summed E-state index contributed by atoms with van der Waals surface area (Å²) in [6, 6.07) is 21.0. The van der Waals surface area contributed by atoms with Gasteiger partial charge in [0.2, 0.25) is 9.84 Å². The van der Waals surface area contributed by atoms with Gasteiger partial charge in [-0.25, -0.2) is 16.8 Å². The number of fused-ring (bicyclic) bond motifs is 1. The number of anilines is 1. The highest BCUT2D eigenvalue weighted by Crippen LogP contribution is 2.32. The summed E-state index contributed by atoms with van der Waals surface area (Å²) in [5.74, 6) is 0. The van der Waals surface area contributed by atoms with E-state index in [9.17, 15) is 16.8 Å². The number of para-hydroxylation sites is 1. The number of sulfone groups is 1. The van der Waals surface area contributed by atoms with E-state index < -0.39 is 19.9 Å². The molecule has 0 aliphatic carbocycles. The Morgan fingerprint density at radius 2 is 1.32 bits per heavy atom. The summed E-state index contributed by atoms with van der Waals surface area (Å²) in [6.45, 7) is 0.370. The Bertz CT molecular complexity index is 1220. The normalized spacial score (nSPS) is 14.5. The van der Waals surface area contributed by atoms with E-state index in [4.69, 9.17) is 0 Å². The fourth-order valence-electron chi connectivity index (χ4n) is 3.41. The van der Waals surface area contributed by atoms with E-state index in [-0.39, 0.29) is 14.7 Å². The largest absolute Gasteiger partial charge is 0.266 e. The zero-order valence-corrected chi connectivity index (χ0v) is 16.7. The van der Waals surface area contributed by atoms with Gasteiger partial charge in [-0.2, -0.15) is 0 Å². The van der Waals surface area contributed by atoms with E-state index in [0.717, 1.165) is 18.4 Å². The molecule has 0 saturated heterocycles. The van der Waals surface area contributed by atoms with Crippen molar-refractivity contribution in [2.45, 2.75) is 27.5 Å². The van der Waals surface area contributed by atoms with E-state index in [1.54, 1.807) is 24.3 Å². The van der Waals surface area contributed by atoms with Crippen LogP contribution in [0.5, 0.6) is 0 Å². The highest BCUT2D eigenvalue weighted by atomic mass is 32.2. The molecule has 0 spiro atoms. The molecular formula is C21H19NO4S2. The van der Waals surface area contributed by atoms with Crippen LogP contribution in [0.15, 0.2) is 93.5 Å². The van der Waals surface area contributed by atoms with E-state index in [0.29, 0.717) is 12.2 Å². The Balaban J connectivity index is 1.78. The van der Waals surface area contributed by atoms with Crippen molar-refractivity contribution in [3.63, 3.8) is 0 Å². The van der Waals surface area contributed by atoms with E-state index in [2.05, 4.69) is 0 Å². The first-order valence-electron chi connectivity index (χ1n) is 8.91. The summed E-state index contributed by atoms with van der Waals surface area (Å²) in [5.41, 5.74) is 1.63. The van der Waals surface area contributed by atoms with E-state index in [1.807, 2.05) is 18.2 Å². The number of hydrogen-bond donors (Lipinski definition) is 0. The molecule has 3 aromatic rings. The zero-order valence-electron chi connectivity index (χ0n) is 15.0. The Morgan fingerprint density at radius 3 is 2.11 bits per heavy atom. The van der Waals surface area contributed by atoms with Crippen LogP contribution in [0.3, 0.4) is 0 Å². The molecular weight excluding hydrogens is 394 g/mol. The van der Waals surface area contributed by atoms with Crippen molar-refractivity contribution in [3.8, 4) is 0 Å². The molecule has 0 atom stereocenters. The molecule has 1 aliphatic rings. The SMILES string of the molecule is O=S(=O)(c1ccccc1)c1cccc(S(=O)(=O)N2CCCc3ccccc32)c1. The lowest BCUT2D eigenvalue weighted by molar-refractivity contribution is 0.586. The third-order valence-corrected chi connectivity index (χ3v) is 8.40. The third-order valence-electron chi connectivity index (χ3n) is 4.82. The minimum Gasteiger partial charge on any atom is -0.266 e. The third kappa shape index (κ3) is 3.21. The van der Waals surface area contributed by atoms with Gasteiger partial charge in [-0.15, -0.1) is 0 Å². The minimum atomic E-state index is -3.87. The maximum atomic E-state index is 13.3. The number of benzene rings is 3.